The van der Waals surface area contributed by atoms with E-state index in [0.717, 1.165) is 41.0 Å². The van der Waals surface area contributed by atoms with Gasteiger partial charge in [-0.15, -0.1) is 11.3 Å². The summed E-state index contributed by atoms with van der Waals surface area (Å²) in [4.78, 5) is 12.1. The van der Waals surface area contributed by atoms with Gasteiger partial charge in [0.15, 0.2) is 0 Å². The maximum absolute atomic E-state index is 5.80. The van der Waals surface area contributed by atoms with E-state index in [1.165, 1.54) is 6.42 Å². The molecule has 4 nitrogen and oxygen atoms in total. The minimum Gasteiger partial charge on any atom is -0.368 e. The number of rotatable bonds is 2. The van der Waals surface area contributed by atoms with Crippen molar-refractivity contribution in [3.63, 3.8) is 0 Å². The summed E-state index contributed by atoms with van der Waals surface area (Å²) in [7, 11) is 0. The van der Waals surface area contributed by atoms with E-state index in [-0.39, 0.29) is 0 Å². The van der Waals surface area contributed by atoms with Crippen LogP contribution in [0.25, 0.3) is 10.2 Å². The van der Waals surface area contributed by atoms with Gasteiger partial charge in [0.25, 0.3) is 0 Å². The second-order valence-corrected chi connectivity index (χ2v) is 6.18. The first kappa shape index (κ1) is 11.7. The molecule has 1 unspecified atom stereocenters. The maximum Gasteiger partial charge on any atom is 0.223 e. The van der Waals surface area contributed by atoms with Crippen molar-refractivity contribution in [2.45, 2.75) is 20.3 Å². The predicted molar refractivity (Wildman–Crippen MR) is 77.0 cm³/mol. The first-order valence-corrected chi connectivity index (χ1v) is 7.29. The summed E-state index contributed by atoms with van der Waals surface area (Å²) in [6.45, 7) is 6.74. The molecule has 0 saturated carbocycles. The van der Waals surface area contributed by atoms with E-state index in [1.54, 1.807) is 11.3 Å². The minimum absolute atomic E-state index is 0.382. The van der Waals surface area contributed by atoms with Crippen LogP contribution < -0.4 is 10.6 Å². The van der Waals surface area contributed by atoms with E-state index in [4.69, 9.17) is 5.73 Å². The Morgan fingerprint density at radius 2 is 2.28 bits per heavy atom. The predicted octanol–water partition coefficient (Wildman–Crippen LogP) is 2.76. The van der Waals surface area contributed by atoms with E-state index in [9.17, 15) is 0 Å². The van der Waals surface area contributed by atoms with Gasteiger partial charge in [0.05, 0.1) is 5.39 Å². The molecule has 1 aliphatic rings. The van der Waals surface area contributed by atoms with Crippen molar-refractivity contribution in [3.05, 3.63) is 11.4 Å². The highest BCUT2D eigenvalue weighted by molar-refractivity contribution is 7.16. The van der Waals surface area contributed by atoms with Gasteiger partial charge in [-0.1, -0.05) is 13.8 Å². The van der Waals surface area contributed by atoms with Crippen molar-refractivity contribution < 1.29 is 0 Å². The highest BCUT2D eigenvalue weighted by Crippen LogP contribution is 2.33. The Morgan fingerprint density at radius 1 is 1.44 bits per heavy atom. The Kier molecular flexibility index (Phi) is 2.86. The molecule has 1 saturated heterocycles. The van der Waals surface area contributed by atoms with Crippen molar-refractivity contribution in [1.29, 1.82) is 0 Å². The van der Waals surface area contributed by atoms with Crippen molar-refractivity contribution >= 4 is 33.3 Å². The third-order valence-corrected chi connectivity index (χ3v) is 4.60. The molecule has 0 bridgehead atoms. The Hall–Kier alpha value is -1.36. The average Bonchev–Trinajstić information content (AvgIpc) is 2.95. The Bertz CT molecular complexity index is 563. The summed E-state index contributed by atoms with van der Waals surface area (Å²) in [5.41, 5.74) is 5.80. The fraction of sp³-hybridized carbons (Fsp3) is 0.538. The Labute approximate surface area is 111 Å². The zero-order chi connectivity index (χ0) is 12.7. The van der Waals surface area contributed by atoms with Crippen molar-refractivity contribution in [3.8, 4) is 0 Å². The minimum atomic E-state index is 0.382. The fourth-order valence-electron chi connectivity index (χ4n) is 2.62. The van der Waals surface area contributed by atoms with Gasteiger partial charge in [-0.05, 0) is 29.7 Å². The summed E-state index contributed by atoms with van der Waals surface area (Å²) in [5, 5.41) is 3.19. The molecule has 2 aromatic heterocycles. The highest BCUT2D eigenvalue weighted by Gasteiger charge is 2.27. The van der Waals surface area contributed by atoms with Gasteiger partial charge in [-0.2, -0.15) is 4.98 Å². The lowest BCUT2D eigenvalue weighted by molar-refractivity contribution is 0.422. The topological polar surface area (TPSA) is 55.0 Å². The SMILES string of the molecule is CC(C)C1CCN(c2nc(N)nc3sccc23)C1. The van der Waals surface area contributed by atoms with Gasteiger partial charge < -0.3 is 10.6 Å². The molecule has 18 heavy (non-hydrogen) atoms. The van der Waals surface area contributed by atoms with E-state index in [1.807, 2.05) is 0 Å². The van der Waals surface area contributed by atoms with Gasteiger partial charge >= 0.3 is 0 Å². The van der Waals surface area contributed by atoms with Crippen LogP contribution in [0.4, 0.5) is 11.8 Å². The first-order chi connectivity index (χ1) is 8.65. The molecule has 1 atom stereocenters. The zero-order valence-electron chi connectivity index (χ0n) is 10.8. The van der Waals surface area contributed by atoms with Crippen molar-refractivity contribution in [2.75, 3.05) is 23.7 Å². The molecular weight excluding hydrogens is 244 g/mol. The third kappa shape index (κ3) is 1.92. The molecule has 0 amide bonds. The van der Waals surface area contributed by atoms with Crippen LogP contribution >= 0.6 is 11.3 Å². The van der Waals surface area contributed by atoms with Crippen molar-refractivity contribution in [1.82, 2.24) is 9.97 Å². The standard InChI is InChI=1S/C13H18N4S/c1-8(2)9-3-5-17(7-9)11-10-4-6-18-12(10)16-13(14)15-11/h4,6,8-9H,3,5,7H2,1-2H3,(H2,14,15,16). The van der Waals surface area contributed by atoms with E-state index in [2.05, 4.69) is 40.2 Å². The van der Waals surface area contributed by atoms with Crippen LogP contribution in [-0.2, 0) is 0 Å². The lowest BCUT2D eigenvalue weighted by Gasteiger charge is -2.19. The molecule has 1 aliphatic heterocycles. The van der Waals surface area contributed by atoms with Crippen LogP contribution in [0.15, 0.2) is 11.4 Å². The summed E-state index contributed by atoms with van der Waals surface area (Å²) >= 11 is 1.62. The first-order valence-electron chi connectivity index (χ1n) is 6.41. The molecule has 0 aliphatic carbocycles. The molecule has 2 aromatic rings. The summed E-state index contributed by atoms with van der Waals surface area (Å²) in [6, 6.07) is 2.09. The lowest BCUT2D eigenvalue weighted by Crippen LogP contribution is -2.22. The van der Waals surface area contributed by atoms with E-state index in [0.29, 0.717) is 5.95 Å². The summed E-state index contributed by atoms with van der Waals surface area (Å²) in [6.07, 6.45) is 1.24. The Balaban J connectivity index is 1.97. The van der Waals surface area contributed by atoms with Gasteiger partial charge in [0.1, 0.15) is 10.6 Å². The number of nitrogens with zero attached hydrogens (tertiary/aromatic N) is 3. The monoisotopic (exact) mass is 262 g/mol. The normalized spacial score (nSPS) is 20.2. The van der Waals surface area contributed by atoms with Crippen LogP contribution in [0.5, 0.6) is 0 Å². The second kappa shape index (κ2) is 4.39. The van der Waals surface area contributed by atoms with Crippen LogP contribution in [0.1, 0.15) is 20.3 Å². The molecular formula is C13H18N4S. The van der Waals surface area contributed by atoms with Crippen LogP contribution in [0, 0.1) is 11.8 Å². The van der Waals surface area contributed by atoms with Crippen LogP contribution in [-0.4, -0.2) is 23.1 Å². The largest absolute Gasteiger partial charge is 0.368 e. The second-order valence-electron chi connectivity index (χ2n) is 5.28. The number of nitrogen functional groups attached to an aromatic ring is 1. The third-order valence-electron chi connectivity index (χ3n) is 3.79. The smallest absolute Gasteiger partial charge is 0.223 e. The molecule has 0 aromatic carbocycles. The number of thiophene rings is 1. The summed E-state index contributed by atoms with van der Waals surface area (Å²) in [5.74, 6) is 2.89. The number of hydrogen-bond acceptors (Lipinski definition) is 5. The van der Waals surface area contributed by atoms with E-state index < -0.39 is 0 Å². The van der Waals surface area contributed by atoms with Gasteiger partial charge in [0.2, 0.25) is 5.95 Å². The molecule has 0 radical (unpaired) electrons. The van der Waals surface area contributed by atoms with Gasteiger partial charge in [-0.25, -0.2) is 4.98 Å². The number of anilines is 2. The average molecular weight is 262 g/mol. The quantitative estimate of drug-likeness (QED) is 0.904. The zero-order valence-corrected chi connectivity index (χ0v) is 11.6. The number of nitrogens with two attached hydrogens (primary N) is 1. The van der Waals surface area contributed by atoms with Gasteiger partial charge in [-0.3, -0.25) is 0 Å². The molecule has 3 heterocycles. The fourth-order valence-corrected chi connectivity index (χ4v) is 3.39. The number of hydrogen-bond donors (Lipinski definition) is 1. The molecule has 3 rings (SSSR count). The van der Waals surface area contributed by atoms with Crippen LogP contribution in [0.3, 0.4) is 0 Å². The maximum atomic E-state index is 5.80. The summed E-state index contributed by atoms with van der Waals surface area (Å²) < 4.78 is 0. The Morgan fingerprint density at radius 3 is 3.00 bits per heavy atom. The highest BCUT2D eigenvalue weighted by atomic mass is 32.1. The van der Waals surface area contributed by atoms with Crippen LogP contribution in [0.2, 0.25) is 0 Å². The van der Waals surface area contributed by atoms with E-state index >= 15 is 0 Å². The molecule has 5 heteroatoms. The lowest BCUT2D eigenvalue weighted by atomic mass is 9.95. The van der Waals surface area contributed by atoms with Crippen molar-refractivity contribution in [2.24, 2.45) is 11.8 Å². The molecule has 96 valence electrons. The number of aromatic nitrogens is 2. The molecule has 0 spiro atoms. The van der Waals surface area contributed by atoms with Gasteiger partial charge in [0, 0.05) is 13.1 Å². The molecule has 2 N–H and O–H groups in total. The molecule has 1 fully saturated rings. The number of fused-ring (bicyclic) bond motifs is 1.